The quantitative estimate of drug-likeness (QED) is 0.166. The van der Waals surface area contributed by atoms with Gasteiger partial charge in [-0.05, 0) is 71.4 Å². The number of benzene rings is 9. The molecule has 0 spiro atoms. The molecular formula is C50H31N3. The number of aromatic nitrogens is 3. The van der Waals surface area contributed by atoms with Gasteiger partial charge in [0.25, 0.3) is 0 Å². The minimum Gasteiger partial charge on any atom is -0.309 e. The van der Waals surface area contributed by atoms with Crippen LogP contribution in [0.3, 0.4) is 0 Å². The standard InChI is InChI=1S/C50H31N3/c1-2-15-32(16-3-1)53-45-28-13-9-24-41(45)49-48-38(35-19-4-5-22-39(35)50(49)53)29-30-46-47(48)40-23-8-12-27-44(40)52(46)34-18-14-17-33(31-34)51-42-25-10-6-20-36(42)37-21-7-11-26-43(37)51/h1-31H. The van der Waals surface area contributed by atoms with Crippen LogP contribution in [0, 0.1) is 0 Å². The molecule has 0 atom stereocenters. The molecule has 3 heterocycles. The first-order chi connectivity index (χ1) is 26.3. The van der Waals surface area contributed by atoms with Gasteiger partial charge in [-0.15, -0.1) is 0 Å². The largest absolute Gasteiger partial charge is 0.309 e. The van der Waals surface area contributed by atoms with Crippen molar-refractivity contribution in [3.63, 3.8) is 0 Å². The summed E-state index contributed by atoms with van der Waals surface area (Å²) < 4.78 is 7.35. The van der Waals surface area contributed by atoms with E-state index in [0.717, 1.165) is 11.4 Å². The maximum Gasteiger partial charge on any atom is 0.0626 e. The Bertz CT molecular complexity index is 3400. The van der Waals surface area contributed by atoms with Crippen LogP contribution >= 0.6 is 0 Å². The molecular weight excluding hydrogens is 643 g/mol. The van der Waals surface area contributed by atoms with Gasteiger partial charge < -0.3 is 13.7 Å². The second-order valence-electron chi connectivity index (χ2n) is 14.1. The van der Waals surface area contributed by atoms with Gasteiger partial charge >= 0.3 is 0 Å². The van der Waals surface area contributed by atoms with Crippen molar-refractivity contribution in [2.45, 2.75) is 0 Å². The van der Waals surface area contributed by atoms with E-state index in [-0.39, 0.29) is 0 Å². The first-order valence-electron chi connectivity index (χ1n) is 18.3. The summed E-state index contributed by atoms with van der Waals surface area (Å²) in [6, 6.07) is 68.8. The number of fused-ring (bicyclic) bond motifs is 15. The van der Waals surface area contributed by atoms with Crippen molar-refractivity contribution in [2.75, 3.05) is 0 Å². The lowest BCUT2D eigenvalue weighted by atomic mass is 9.93. The summed E-state index contributed by atoms with van der Waals surface area (Å²) in [5, 5.41) is 12.7. The average molecular weight is 674 g/mol. The zero-order valence-corrected chi connectivity index (χ0v) is 28.7. The van der Waals surface area contributed by atoms with Crippen LogP contribution in [0.1, 0.15) is 0 Å². The third-order valence-electron chi connectivity index (χ3n) is 11.4. The van der Waals surface area contributed by atoms with E-state index >= 15 is 0 Å². The zero-order valence-electron chi connectivity index (χ0n) is 28.7. The summed E-state index contributed by atoms with van der Waals surface area (Å²) in [6.07, 6.45) is 0. The normalized spacial score (nSPS) is 12.2. The fraction of sp³-hybridized carbons (Fsp3) is 0. The molecule has 3 aromatic heterocycles. The molecule has 0 saturated carbocycles. The first kappa shape index (κ1) is 28.6. The Morgan fingerprint density at radius 3 is 1.32 bits per heavy atom. The van der Waals surface area contributed by atoms with Crippen LogP contribution in [0.15, 0.2) is 188 Å². The molecule has 0 aliphatic rings. The Morgan fingerprint density at radius 1 is 0.226 bits per heavy atom. The van der Waals surface area contributed by atoms with Gasteiger partial charge in [-0.25, -0.2) is 0 Å². The molecule has 0 N–H and O–H groups in total. The Hall–Kier alpha value is -7.10. The molecule has 53 heavy (non-hydrogen) atoms. The summed E-state index contributed by atoms with van der Waals surface area (Å²) >= 11 is 0. The average Bonchev–Trinajstić information content (AvgIpc) is 3.87. The topological polar surface area (TPSA) is 14.8 Å². The summed E-state index contributed by atoms with van der Waals surface area (Å²) in [4.78, 5) is 0. The molecule has 0 aliphatic heterocycles. The van der Waals surface area contributed by atoms with Gasteiger partial charge in [0.05, 0.1) is 33.1 Å². The van der Waals surface area contributed by atoms with Gasteiger partial charge in [0, 0.05) is 60.2 Å². The van der Waals surface area contributed by atoms with Crippen LogP contribution in [0.4, 0.5) is 0 Å². The molecule has 0 unspecified atom stereocenters. The molecule has 12 rings (SSSR count). The highest BCUT2D eigenvalue weighted by molar-refractivity contribution is 6.39. The molecule has 3 heteroatoms. The van der Waals surface area contributed by atoms with E-state index < -0.39 is 0 Å². The number of hydrogen-bond acceptors (Lipinski definition) is 0. The fourth-order valence-electron chi connectivity index (χ4n) is 9.31. The van der Waals surface area contributed by atoms with E-state index in [1.165, 1.54) is 92.6 Å². The van der Waals surface area contributed by atoms with E-state index in [4.69, 9.17) is 0 Å². The summed E-state index contributed by atoms with van der Waals surface area (Å²) in [7, 11) is 0. The van der Waals surface area contributed by atoms with Crippen LogP contribution < -0.4 is 0 Å². The predicted molar refractivity (Wildman–Crippen MR) is 224 cm³/mol. The molecule has 0 radical (unpaired) electrons. The maximum atomic E-state index is 2.47. The van der Waals surface area contributed by atoms with Crippen LogP contribution in [-0.4, -0.2) is 13.7 Å². The van der Waals surface area contributed by atoms with Gasteiger partial charge in [0.1, 0.15) is 0 Å². The van der Waals surface area contributed by atoms with Crippen LogP contribution in [0.25, 0.3) is 104 Å². The van der Waals surface area contributed by atoms with Gasteiger partial charge in [0.2, 0.25) is 0 Å². The molecule has 0 fully saturated rings. The highest BCUT2D eigenvalue weighted by Crippen LogP contribution is 2.47. The monoisotopic (exact) mass is 673 g/mol. The molecule has 246 valence electrons. The molecule has 3 nitrogen and oxygen atoms in total. The Morgan fingerprint density at radius 2 is 0.679 bits per heavy atom. The van der Waals surface area contributed by atoms with E-state index in [1.807, 2.05) is 0 Å². The van der Waals surface area contributed by atoms with E-state index in [0.29, 0.717) is 0 Å². The van der Waals surface area contributed by atoms with E-state index in [1.54, 1.807) is 0 Å². The number of rotatable bonds is 3. The van der Waals surface area contributed by atoms with Crippen molar-refractivity contribution in [1.29, 1.82) is 0 Å². The number of para-hydroxylation sites is 5. The van der Waals surface area contributed by atoms with Crippen LogP contribution in [0.2, 0.25) is 0 Å². The third-order valence-corrected chi connectivity index (χ3v) is 11.4. The van der Waals surface area contributed by atoms with Crippen molar-refractivity contribution < 1.29 is 0 Å². The van der Waals surface area contributed by atoms with Gasteiger partial charge in [-0.2, -0.15) is 0 Å². The lowest BCUT2D eigenvalue weighted by Crippen LogP contribution is -1.98. The van der Waals surface area contributed by atoms with Crippen molar-refractivity contribution in [3.8, 4) is 17.1 Å². The molecule has 12 aromatic rings. The summed E-state index contributed by atoms with van der Waals surface area (Å²) in [5.74, 6) is 0. The Labute approximate surface area is 304 Å². The zero-order chi connectivity index (χ0) is 34.6. The first-order valence-corrected chi connectivity index (χ1v) is 18.3. The maximum absolute atomic E-state index is 2.47. The number of nitrogens with zero attached hydrogens (tertiary/aromatic N) is 3. The minimum absolute atomic E-state index is 1.14. The second-order valence-corrected chi connectivity index (χ2v) is 14.1. The van der Waals surface area contributed by atoms with E-state index in [2.05, 4.69) is 202 Å². The lowest BCUT2D eigenvalue weighted by Gasteiger charge is -2.14. The minimum atomic E-state index is 1.14. The van der Waals surface area contributed by atoms with Crippen LogP contribution in [0.5, 0.6) is 0 Å². The highest BCUT2D eigenvalue weighted by Gasteiger charge is 2.23. The summed E-state index contributed by atoms with van der Waals surface area (Å²) in [5.41, 5.74) is 10.7. The van der Waals surface area contributed by atoms with Gasteiger partial charge in [-0.1, -0.05) is 127 Å². The van der Waals surface area contributed by atoms with Gasteiger partial charge in [0.15, 0.2) is 0 Å². The van der Waals surface area contributed by atoms with Crippen LogP contribution in [-0.2, 0) is 0 Å². The van der Waals surface area contributed by atoms with Crippen molar-refractivity contribution >= 4 is 87.0 Å². The molecule has 0 amide bonds. The van der Waals surface area contributed by atoms with Crippen molar-refractivity contribution in [3.05, 3.63) is 188 Å². The van der Waals surface area contributed by atoms with Gasteiger partial charge in [-0.3, -0.25) is 0 Å². The van der Waals surface area contributed by atoms with E-state index in [9.17, 15) is 0 Å². The summed E-state index contributed by atoms with van der Waals surface area (Å²) in [6.45, 7) is 0. The SMILES string of the molecule is c1ccc(-n2c3ccccc3c3c4c(ccc5c4c4ccccc4n5-c4cccc(-n5c6ccccc6c6ccccc65)c4)c4ccccc4c32)cc1. The molecule has 9 aromatic carbocycles. The second kappa shape index (κ2) is 10.7. The fourth-order valence-corrected chi connectivity index (χ4v) is 9.31. The smallest absolute Gasteiger partial charge is 0.0626 e. The predicted octanol–water partition coefficient (Wildman–Crippen LogP) is 13.3. The number of hydrogen-bond donors (Lipinski definition) is 0. The Kier molecular flexibility index (Phi) is 5.77. The molecule has 0 saturated heterocycles. The Balaban J connectivity index is 1.24. The molecule has 0 bridgehead atoms. The van der Waals surface area contributed by atoms with Crippen molar-refractivity contribution in [2.24, 2.45) is 0 Å². The molecule has 0 aliphatic carbocycles. The lowest BCUT2D eigenvalue weighted by molar-refractivity contribution is 1.13. The highest BCUT2D eigenvalue weighted by atomic mass is 15.0. The van der Waals surface area contributed by atoms with Crippen molar-refractivity contribution in [1.82, 2.24) is 13.7 Å². The third kappa shape index (κ3) is 3.83.